The number of nitrogens with zero attached hydrogens (tertiary/aromatic N) is 4. The van der Waals surface area contributed by atoms with Gasteiger partial charge in [-0.1, -0.05) is 64.5 Å². The first kappa shape index (κ1) is 27.5. The lowest BCUT2D eigenvalue weighted by atomic mass is 9.93. The molecule has 0 spiro atoms. The topological polar surface area (TPSA) is 127 Å². The van der Waals surface area contributed by atoms with Crippen LogP contribution in [0.1, 0.15) is 33.9 Å². The Balaban J connectivity index is 1.57. The summed E-state index contributed by atoms with van der Waals surface area (Å²) < 4.78 is 0.573. The van der Waals surface area contributed by atoms with Crippen molar-refractivity contribution in [2.24, 2.45) is 0 Å². The lowest BCUT2D eigenvalue weighted by Gasteiger charge is -2.22. The van der Waals surface area contributed by atoms with Crippen LogP contribution in [0, 0.1) is 24.0 Å². The quantitative estimate of drug-likeness (QED) is 0.0481. The minimum atomic E-state index is -1.07. The number of halogens is 1. The van der Waals surface area contributed by atoms with E-state index in [4.69, 9.17) is 11.6 Å². The van der Waals surface area contributed by atoms with Crippen molar-refractivity contribution in [3.8, 4) is 0 Å². The van der Waals surface area contributed by atoms with Gasteiger partial charge in [0.05, 0.1) is 16.5 Å². The number of aliphatic hydroxyl groups excluding tert-OH is 1. The van der Waals surface area contributed by atoms with Gasteiger partial charge in [-0.3, -0.25) is 24.6 Å². The van der Waals surface area contributed by atoms with Crippen molar-refractivity contribution in [1.29, 1.82) is 0 Å². The molecule has 1 aromatic heterocycles. The zero-order chi connectivity index (χ0) is 28.6. The van der Waals surface area contributed by atoms with Crippen molar-refractivity contribution in [2.75, 3.05) is 4.90 Å². The number of ketones is 1. The minimum absolute atomic E-state index is 0.127. The van der Waals surface area contributed by atoms with Gasteiger partial charge in [-0.25, -0.2) is 0 Å². The molecule has 0 saturated carbocycles. The molecule has 1 aliphatic rings. The van der Waals surface area contributed by atoms with Crippen molar-refractivity contribution in [3.63, 3.8) is 0 Å². The summed E-state index contributed by atoms with van der Waals surface area (Å²) in [5, 5.41) is 31.9. The molecule has 1 fully saturated rings. The molecule has 5 rings (SSSR count). The standard InChI is InChI=1S/C28H21ClN4O5S2/c1-15-3-4-16(2)21(13-15)24(34)22-23(18-7-11-20(12-8-18)33(37)38)32(26(36)25(22)35)27-30-31-28(40-27)39-14-17-5-9-19(29)10-6-17/h3-13,23,34H,14H2,1-2H3/b24-22+. The van der Waals surface area contributed by atoms with Crippen molar-refractivity contribution >= 4 is 63.0 Å². The summed E-state index contributed by atoms with van der Waals surface area (Å²) in [4.78, 5) is 38.8. The summed E-state index contributed by atoms with van der Waals surface area (Å²) in [6.45, 7) is 3.65. The van der Waals surface area contributed by atoms with Gasteiger partial charge in [0.25, 0.3) is 11.5 Å². The molecule has 4 aromatic rings. The summed E-state index contributed by atoms with van der Waals surface area (Å²) in [7, 11) is 0. The maximum Gasteiger partial charge on any atom is 0.301 e. The number of thioether (sulfide) groups is 1. The van der Waals surface area contributed by atoms with Crippen LogP contribution >= 0.6 is 34.7 Å². The van der Waals surface area contributed by atoms with Crippen molar-refractivity contribution in [2.45, 2.75) is 30.0 Å². The van der Waals surface area contributed by atoms with Gasteiger partial charge in [-0.2, -0.15) is 0 Å². The average molecular weight is 593 g/mol. The van der Waals surface area contributed by atoms with Crippen molar-refractivity contribution in [1.82, 2.24) is 10.2 Å². The fourth-order valence-electron chi connectivity index (χ4n) is 4.34. The smallest absolute Gasteiger partial charge is 0.301 e. The number of carbonyl (C=O) groups is 2. The lowest BCUT2D eigenvalue weighted by molar-refractivity contribution is -0.384. The Bertz CT molecular complexity index is 1670. The first-order valence-electron chi connectivity index (χ1n) is 12.0. The highest BCUT2D eigenvalue weighted by molar-refractivity contribution is 8.00. The Morgan fingerprint density at radius 3 is 2.45 bits per heavy atom. The zero-order valence-electron chi connectivity index (χ0n) is 21.2. The molecule has 3 aromatic carbocycles. The maximum absolute atomic E-state index is 13.4. The van der Waals surface area contributed by atoms with E-state index < -0.39 is 22.7 Å². The summed E-state index contributed by atoms with van der Waals surface area (Å²) in [5.74, 6) is -1.50. The number of nitro benzene ring substituents is 1. The second-order valence-corrected chi connectivity index (χ2v) is 11.7. The van der Waals surface area contributed by atoms with Gasteiger partial charge in [0.2, 0.25) is 5.13 Å². The Morgan fingerprint density at radius 2 is 1.77 bits per heavy atom. The third-order valence-electron chi connectivity index (χ3n) is 6.39. The van der Waals surface area contributed by atoms with Crippen molar-refractivity contribution in [3.05, 3.63) is 115 Å². The van der Waals surface area contributed by atoms with Gasteiger partial charge >= 0.3 is 5.91 Å². The number of benzene rings is 3. The Hall–Kier alpha value is -4.06. The van der Waals surface area contributed by atoms with Crippen LogP contribution in [0.5, 0.6) is 0 Å². The van der Waals surface area contributed by atoms with E-state index in [1.165, 1.54) is 40.9 Å². The molecule has 40 heavy (non-hydrogen) atoms. The molecule has 1 saturated heterocycles. The van der Waals surface area contributed by atoms with E-state index in [0.29, 0.717) is 31.8 Å². The third-order valence-corrected chi connectivity index (χ3v) is 8.77. The predicted octanol–water partition coefficient (Wildman–Crippen LogP) is 6.64. The summed E-state index contributed by atoms with van der Waals surface area (Å²) in [5.41, 5.74) is 3.15. The van der Waals surface area contributed by atoms with Crippen LogP contribution in [0.15, 0.2) is 76.6 Å². The fourth-order valence-corrected chi connectivity index (χ4v) is 6.29. The number of aryl methyl sites for hydroxylation is 2. The van der Waals surface area contributed by atoms with Crippen molar-refractivity contribution < 1.29 is 19.6 Å². The molecule has 1 atom stereocenters. The van der Waals surface area contributed by atoms with E-state index in [1.807, 2.05) is 31.2 Å². The molecule has 2 heterocycles. The van der Waals surface area contributed by atoms with E-state index in [1.54, 1.807) is 25.1 Å². The highest BCUT2D eigenvalue weighted by Gasteiger charge is 2.48. The molecule has 1 amide bonds. The largest absolute Gasteiger partial charge is 0.507 e. The number of amides is 1. The van der Waals surface area contributed by atoms with Gasteiger partial charge in [0.15, 0.2) is 4.34 Å². The van der Waals surface area contributed by atoms with E-state index in [9.17, 15) is 24.8 Å². The number of non-ortho nitro benzene ring substituents is 1. The Kier molecular flexibility index (Phi) is 7.70. The second-order valence-electron chi connectivity index (χ2n) is 9.10. The molecule has 1 unspecified atom stereocenters. The number of Topliss-reactive ketones (excluding diaryl/α,β-unsaturated/α-hetero) is 1. The number of aliphatic hydroxyl groups is 1. The number of aromatic nitrogens is 2. The highest BCUT2D eigenvalue weighted by Crippen LogP contribution is 2.44. The number of carbonyl (C=O) groups excluding carboxylic acids is 2. The van der Waals surface area contributed by atoms with Crippen LogP contribution in [0.25, 0.3) is 5.76 Å². The van der Waals surface area contributed by atoms with E-state index in [0.717, 1.165) is 22.5 Å². The lowest BCUT2D eigenvalue weighted by Crippen LogP contribution is -2.29. The van der Waals surface area contributed by atoms with E-state index in [-0.39, 0.29) is 22.2 Å². The molecular weight excluding hydrogens is 572 g/mol. The van der Waals surface area contributed by atoms with Crippen LogP contribution in [0.4, 0.5) is 10.8 Å². The van der Waals surface area contributed by atoms with Crippen LogP contribution < -0.4 is 4.90 Å². The van der Waals surface area contributed by atoms with E-state index in [2.05, 4.69) is 10.2 Å². The number of anilines is 1. The van der Waals surface area contributed by atoms with Gasteiger partial charge in [0.1, 0.15) is 5.76 Å². The molecule has 202 valence electrons. The summed E-state index contributed by atoms with van der Waals surface area (Å²) in [6, 6.07) is 17.3. The molecule has 1 N–H and O–H groups in total. The number of hydrogen-bond acceptors (Lipinski definition) is 9. The molecule has 0 bridgehead atoms. The Morgan fingerprint density at radius 1 is 1.07 bits per heavy atom. The third kappa shape index (κ3) is 5.35. The summed E-state index contributed by atoms with van der Waals surface area (Å²) in [6.07, 6.45) is 0. The molecule has 9 nitrogen and oxygen atoms in total. The number of rotatable bonds is 7. The fraction of sp³-hybridized carbons (Fsp3) is 0.143. The number of nitro groups is 1. The van der Waals surface area contributed by atoms with E-state index >= 15 is 0 Å². The monoisotopic (exact) mass is 592 g/mol. The molecule has 12 heteroatoms. The average Bonchev–Trinajstić information content (AvgIpc) is 3.51. The normalized spacial score (nSPS) is 16.5. The molecule has 0 aliphatic carbocycles. The van der Waals surface area contributed by atoms with Crippen LogP contribution in [0.3, 0.4) is 0 Å². The SMILES string of the molecule is Cc1ccc(C)c(/C(O)=C2\C(=O)C(=O)N(c3nnc(SCc4ccc(Cl)cc4)s3)C2c2ccc([N+](=O)[O-])cc2)c1. The predicted molar refractivity (Wildman–Crippen MR) is 155 cm³/mol. The first-order chi connectivity index (χ1) is 19.1. The first-order valence-corrected chi connectivity index (χ1v) is 14.2. The van der Waals surface area contributed by atoms with Crippen LogP contribution in [0.2, 0.25) is 5.02 Å². The highest BCUT2D eigenvalue weighted by atomic mass is 35.5. The summed E-state index contributed by atoms with van der Waals surface area (Å²) >= 11 is 8.51. The Labute approximate surface area is 242 Å². The zero-order valence-corrected chi connectivity index (χ0v) is 23.6. The van der Waals surface area contributed by atoms with Gasteiger partial charge in [-0.05, 0) is 60.9 Å². The maximum atomic E-state index is 13.4. The van der Waals surface area contributed by atoms with Gasteiger partial charge < -0.3 is 5.11 Å². The molecule has 1 aliphatic heterocycles. The van der Waals surface area contributed by atoms with Gasteiger partial charge in [-0.15, -0.1) is 10.2 Å². The van der Waals surface area contributed by atoms with Crippen LogP contribution in [-0.4, -0.2) is 31.9 Å². The number of hydrogen-bond donors (Lipinski definition) is 1. The van der Waals surface area contributed by atoms with Gasteiger partial charge in [0, 0.05) is 28.5 Å². The minimum Gasteiger partial charge on any atom is -0.507 e. The van der Waals surface area contributed by atoms with Crippen LogP contribution in [-0.2, 0) is 15.3 Å². The second kappa shape index (κ2) is 11.2. The molecular formula is C28H21ClN4O5S2. The molecule has 0 radical (unpaired) electrons.